The van der Waals surface area contributed by atoms with Gasteiger partial charge in [-0.25, -0.2) is 9.59 Å². The van der Waals surface area contributed by atoms with E-state index < -0.39 is 36.5 Å². The Morgan fingerprint density at radius 1 is 0.619 bits per heavy atom. The molecule has 0 bridgehead atoms. The smallest absolute Gasteiger partial charge is 0.325 e. The summed E-state index contributed by atoms with van der Waals surface area (Å²) < 4.78 is 83.4. The predicted octanol–water partition coefficient (Wildman–Crippen LogP) is 10.2. The van der Waals surface area contributed by atoms with Gasteiger partial charge in [0.05, 0.1) is 43.9 Å². The zero-order valence-electron chi connectivity index (χ0n) is 33.9. The van der Waals surface area contributed by atoms with Gasteiger partial charge < -0.3 is 30.2 Å². The standard InChI is InChI=1S/2C20H22Cl2F3N5O.CH4/c2*1-29-9-5-12(6-10-29)30(2)19(31)28-18(20(23,24)25)14-4-3-13(16(21)17(14)22)15-11-26-7-8-27-15;/h2*3-4,7-8,11-12,18H,5-6,9-10H2,1-2H3,(H,28,31);1H4/t2*18-;/m11./s1. The summed E-state index contributed by atoms with van der Waals surface area (Å²) in [7, 11) is 6.94. The predicted molar refractivity (Wildman–Crippen MR) is 233 cm³/mol. The van der Waals surface area contributed by atoms with Crippen molar-refractivity contribution in [3.8, 4) is 22.5 Å². The lowest BCUT2D eigenvalue weighted by Crippen LogP contribution is -2.50. The van der Waals surface area contributed by atoms with Crippen LogP contribution in [0.25, 0.3) is 22.5 Å². The average Bonchev–Trinajstić information content (AvgIpc) is 3.24. The highest BCUT2D eigenvalue weighted by molar-refractivity contribution is 6.44. The number of hydrogen-bond acceptors (Lipinski definition) is 8. The van der Waals surface area contributed by atoms with E-state index in [1.165, 1.54) is 85.3 Å². The van der Waals surface area contributed by atoms with Gasteiger partial charge in [-0.3, -0.25) is 19.9 Å². The molecule has 0 radical (unpaired) electrons. The van der Waals surface area contributed by atoms with Gasteiger partial charge in [-0.15, -0.1) is 0 Å². The number of nitrogens with one attached hydrogen (secondary N) is 2. The third-order valence-electron chi connectivity index (χ3n) is 10.8. The Labute approximate surface area is 382 Å². The number of rotatable bonds is 8. The minimum Gasteiger partial charge on any atom is -0.325 e. The van der Waals surface area contributed by atoms with Crippen LogP contribution in [0.15, 0.2) is 61.4 Å². The maximum Gasteiger partial charge on any atom is 0.412 e. The van der Waals surface area contributed by atoms with Crippen molar-refractivity contribution in [2.45, 2.75) is 69.6 Å². The Kier molecular flexibility index (Phi) is 18.1. The molecular formula is C41H48Cl4F6N10O2. The maximum absolute atomic E-state index is 13.9. The van der Waals surface area contributed by atoms with Gasteiger partial charge in [0.15, 0.2) is 12.1 Å². The maximum atomic E-state index is 13.9. The molecular weight excluding hydrogens is 920 g/mol. The minimum atomic E-state index is -4.77. The lowest BCUT2D eigenvalue weighted by atomic mass is 10.0. The lowest BCUT2D eigenvalue weighted by molar-refractivity contribution is -0.156. The van der Waals surface area contributed by atoms with Crippen LogP contribution in [0.4, 0.5) is 35.9 Å². The summed E-state index contributed by atoms with van der Waals surface area (Å²) in [6.45, 7) is 3.10. The summed E-state index contributed by atoms with van der Waals surface area (Å²) in [5, 5.41) is 3.40. The molecule has 4 heterocycles. The van der Waals surface area contributed by atoms with E-state index in [0.29, 0.717) is 48.2 Å². The molecule has 4 amide bonds. The molecule has 12 nitrogen and oxygen atoms in total. The van der Waals surface area contributed by atoms with E-state index in [9.17, 15) is 35.9 Å². The van der Waals surface area contributed by atoms with Gasteiger partial charge in [0.25, 0.3) is 0 Å². The molecule has 2 aliphatic rings. The van der Waals surface area contributed by atoms with Gasteiger partial charge in [0, 0.05) is 73.2 Å². The topological polar surface area (TPSA) is 123 Å². The summed E-state index contributed by atoms with van der Waals surface area (Å²) in [5.74, 6) is 0. The largest absolute Gasteiger partial charge is 0.412 e. The molecule has 0 spiro atoms. The number of piperidine rings is 2. The summed E-state index contributed by atoms with van der Waals surface area (Å²) >= 11 is 25.0. The van der Waals surface area contributed by atoms with Gasteiger partial charge >= 0.3 is 24.4 Å². The van der Waals surface area contributed by atoms with Crippen molar-refractivity contribution in [2.24, 2.45) is 0 Å². The number of nitrogens with zero attached hydrogens (tertiary/aromatic N) is 8. The summed E-state index contributed by atoms with van der Waals surface area (Å²) in [5.41, 5.74) is 0.762. The average molecular weight is 969 g/mol. The summed E-state index contributed by atoms with van der Waals surface area (Å²) in [6.07, 6.45) is 1.87. The highest BCUT2D eigenvalue weighted by atomic mass is 35.5. The number of aromatic nitrogens is 4. The monoisotopic (exact) mass is 966 g/mol. The lowest BCUT2D eigenvalue weighted by Gasteiger charge is -2.36. The van der Waals surface area contributed by atoms with E-state index in [2.05, 4.69) is 40.4 Å². The normalized spacial score (nSPS) is 16.5. The number of urea groups is 2. The Hall–Kier alpha value is -4.20. The SMILES string of the molecule is C.CN1CCC(N(C)C(=O)N[C@H](c2ccc(-c3cnccn3)c(Cl)c2Cl)C(F)(F)F)CC1.CN1CCC(N(C)C(=O)N[C@H](c2ccc(-c3cnccn3)c(Cl)c2Cl)C(F)(F)F)CC1. The molecule has 0 unspecified atom stereocenters. The van der Waals surface area contributed by atoms with Crippen LogP contribution >= 0.6 is 46.4 Å². The van der Waals surface area contributed by atoms with E-state index in [1.807, 2.05) is 14.1 Å². The fraction of sp³-hybridized carbons (Fsp3) is 0.463. The zero-order chi connectivity index (χ0) is 45.5. The first-order valence-electron chi connectivity index (χ1n) is 19.2. The number of carbonyl (C=O) groups excluding carboxylic acids is 2. The molecule has 2 aromatic carbocycles. The van der Waals surface area contributed by atoms with Gasteiger partial charge in [0.1, 0.15) is 0 Å². The number of alkyl halides is 6. The molecule has 63 heavy (non-hydrogen) atoms. The van der Waals surface area contributed by atoms with Crippen molar-refractivity contribution >= 4 is 58.5 Å². The number of likely N-dealkylation sites (tertiary alicyclic amines) is 2. The number of halogens is 10. The van der Waals surface area contributed by atoms with Crippen LogP contribution in [0.1, 0.15) is 56.3 Å². The second-order valence-corrected chi connectivity index (χ2v) is 16.5. The molecule has 2 atom stereocenters. The van der Waals surface area contributed by atoms with E-state index in [-0.39, 0.29) is 50.7 Å². The summed E-state index contributed by atoms with van der Waals surface area (Å²) in [4.78, 5) is 48.2. The van der Waals surface area contributed by atoms with E-state index in [4.69, 9.17) is 46.4 Å². The van der Waals surface area contributed by atoms with Crippen LogP contribution in [-0.2, 0) is 0 Å². The Morgan fingerprint density at radius 2 is 0.952 bits per heavy atom. The molecule has 2 fully saturated rings. The molecule has 2 aliphatic heterocycles. The molecule has 2 N–H and O–H groups in total. The van der Waals surface area contributed by atoms with E-state index >= 15 is 0 Å². The minimum absolute atomic E-state index is 0. The van der Waals surface area contributed by atoms with Crippen LogP contribution in [-0.4, -0.2) is 130 Å². The van der Waals surface area contributed by atoms with Crippen LogP contribution in [0, 0.1) is 0 Å². The second kappa shape index (κ2) is 22.1. The third kappa shape index (κ3) is 13.0. The van der Waals surface area contributed by atoms with Crippen molar-refractivity contribution in [3.05, 3.63) is 92.7 Å². The molecule has 0 aliphatic carbocycles. The van der Waals surface area contributed by atoms with Gasteiger partial charge in [-0.05, 0) is 66.0 Å². The van der Waals surface area contributed by atoms with Crippen molar-refractivity contribution in [3.63, 3.8) is 0 Å². The van der Waals surface area contributed by atoms with Crippen LogP contribution in [0.2, 0.25) is 20.1 Å². The van der Waals surface area contributed by atoms with Crippen LogP contribution in [0.3, 0.4) is 0 Å². The fourth-order valence-electron chi connectivity index (χ4n) is 7.07. The molecule has 6 rings (SSSR count). The number of carbonyl (C=O) groups is 2. The molecule has 0 saturated carbocycles. The van der Waals surface area contributed by atoms with Crippen molar-refractivity contribution in [1.29, 1.82) is 0 Å². The first-order chi connectivity index (χ1) is 29.2. The van der Waals surface area contributed by atoms with Gasteiger partial charge in [-0.2, -0.15) is 26.3 Å². The first-order valence-corrected chi connectivity index (χ1v) is 20.8. The van der Waals surface area contributed by atoms with E-state index in [0.717, 1.165) is 26.2 Å². The number of amides is 4. The zero-order valence-corrected chi connectivity index (χ0v) is 36.9. The molecule has 22 heteroatoms. The van der Waals surface area contributed by atoms with E-state index in [1.54, 1.807) is 0 Å². The van der Waals surface area contributed by atoms with Gasteiger partial charge in [0.2, 0.25) is 0 Å². The highest BCUT2D eigenvalue weighted by Crippen LogP contribution is 2.44. The Morgan fingerprint density at radius 3 is 1.24 bits per heavy atom. The van der Waals surface area contributed by atoms with Crippen LogP contribution in [0.5, 0.6) is 0 Å². The van der Waals surface area contributed by atoms with Crippen molar-refractivity contribution in [1.82, 2.24) is 50.2 Å². The first kappa shape index (κ1) is 51.4. The highest BCUT2D eigenvalue weighted by Gasteiger charge is 2.45. The number of benzene rings is 2. The molecule has 4 aromatic rings. The summed E-state index contributed by atoms with van der Waals surface area (Å²) in [6, 6.07) is -1.35. The number of hydrogen-bond donors (Lipinski definition) is 2. The molecule has 2 saturated heterocycles. The van der Waals surface area contributed by atoms with Crippen molar-refractivity contribution in [2.75, 3.05) is 54.4 Å². The second-order valence-electron chi connectivity index (χ2n) is 15.0. The van der Waals surface area contributed by atoms with Crippen LogP contribution < -0.4 is 10.6 Å². The fourth-order valence-corrected chi connectivity index (χ4v) is 8.15. The van der Waals surface area contributed by atoms with Crippen molar-refractivity contribution < 1.29 is 35.9 Å². The Balaban J connectivity index is 0.000000272. The third-order valence-corrected chi connectivity index (χ3v) is 12.6. The molecule has 344 valence electrons. The quantitative estimate of drug-likeness (QED) is 0.168. The molecule has 2 aromatic heterocycles. The van der Waals surface area contributed by atoms with Gasteiger partial charge in [-0.1, -0.05) is 78.1 Å². The Bertz CT molecular complexity index is 1990.